The first-order valence-electron chi connectivity index (χ1n) is 8.57. The van der Waals surface area contributed by atoms with E-state index < -0.39 is 6.04 Å². The third-order valence-corrected chi connectivity index (χ3v) is 5.17. The van der Waals surface area contributed by atoms with Crippen molar-refractivity contribution in [2.45, 2.75) is 25.8 Å². The second-order valence-corrected chi connectivity index (χ2v) is 7.08. The Balaban J connectivity index is 1.70. The first kappa shape index (κ1) is 18.7. The molecule has 0 spiro atoms. The molecule has 0 radical (unpaired) electrons. The summed E-state index contributed by atoms with van der Waals surface area (Å²) in [4.78, 5) is 26.1. The predicted octanol–water partition coefficient (Wildman–Crippen LogP) is 3.19. The number of hydrogen-bond donors (Lipinski definition) is 2. The van der Waals surface area contributed by atoms with Gasteiger partial charge in [-0.3, -0.25) is 9.59 Å². The smallest absolute Gasteiger partial charge is 0.247 e. The molecule has 0 bridgehead atoms. The molecule has 1 aliphatic heterocycles. The minimum atomic E-state index is -0.525. The summed E-state index contributed by atoms with van der Waals surface area (Å²) >= 11 is 1.31. The molecular formula is C19H20N4O3S. The highest BCUT2D eigenvalue weighted by molar-refractivity contribution is 7.14. The highest BCUT2D eigenvalue weighted by atomic mass is 32.1. The van der Waals surface area contributed by atoms with Gasteiger partial charge < -0.3 is 20.3 Å². The number of nitrogens with one attached hydrogen (secondary N) is 2. The number of ether oxygens (including phenoxy) is 1. The fourth-order valence-corrected chi connectivity index (χ4v) is 3.66. The maximum atomic E-state index is 12.4. The van der Waals surface area contributed by atoms with Crippen LogP contribution in [0.4, 0.5) is 16.4 Å². The summed E-state index contributed by atoms with van der Waals surface area (Å²) in [6, 6.07) is 8.61. The van der Waals surface area contributed by atoms with E-state index in [1.807, 2.05) is 18.2 Å². The van der Waals surface area contributed by atoms with E-state index in [-0.39, 0.29) is 11.8 Å². The SMILES string of the molecule is COc1cc(N[C@@H](C)C(=O)Nc2sccc2C#N)ccc1N1CCCC1=O. The molecule has 140 valence electrons. The zero-order valence-corrected chi connectivity index (χ0v) is 15.9. The van der Waals surface area contributed by atoms with Gasteiger partial charge in [-0.25, -0.2) is 0 Å². The van der Waals surface area contributed by atoms with Crippen molar-refractivity contribution in [1.82, 2.24) is 0 Å². The molecule has 27 heavy (non-hydrogen) atoms. The van der Waals surface area contributed by atoms with Gasteiger partial charge in [0, 0.05) is 24.7 Å². The summed E-state index contributed by atoms with van der Waals surface area (Å²) in [5, 5.41) is 17.2. The van der Waals surface area contributed by atoms with Crippen LogP contribution >= 0.6 is 11.3 Å². The van der Waals surface area contributed by atoms with Crippen LogP contribution in [-0.2, 0) is 9.59 Å². The number of anilines is 3. The molecule has 8 heteroatoms. The van der Waals surface area contributed by atoms with Crippen molar-refractivity contribution in [3.8, 4) is 11.8 Å². The van der Waals surface area contributed by atoms with Gasteiger partial charge in [0.2, 0.25) is 11.8 Å². The largest absolute Gasteiger partial charge is 0.494 e. The molecule has 7 nitrogen and oxygen atoms in total. The maximum absolute atomic E-state index is 12.4. The number of carbonyl (C=O) groups excluding carboxylic acids is 2. The summed E-state index contributed by atoms with van der Waals surface area (Å²) in [7, 11) is 1.56. The molecule has 0 aliphatic carbocycles. The van der Waals surface area contributed by atoms with E-state index >= 15 is 0 Å². The highest BCUT2D eigenvalue weighted by Crippen LogP contribution is 2.34. The molecular weight excluding hydrogens is 364 g/mol. The molecule has 0 unspecified atom stereocenters. The molecule has 2 heterocycles. The van der Waals surface area contributed by atoms with Gasteiger partial charge >= 0.3 is 0 Å². The number of nitrogens with zero attached hydrogens (tertiary/aromatic N) is 2. The first-order valence-corrected chi connectivity index (χ1v) is 9.45. The van der Waals surface area contributed by atoms with Gasteiger partial charge in [0.05, 0.1) is 18.4 Å². The maximum Gasteiger partial charge on any atom is 0.247 e. The van der Waals surface area contributed by atoms with E-state index in [1.54, 1.807) is 36.4 Å². The summed E-state index contributed by atoms with van der Waals surface area (Å²) in [5.74, 6) is 0.422. The van der Waals surface area contributed by atoms with Gasteiger partial charge in [-0.2, -0.15) is 5.26 Å². The number of benzene rings is 1. The van der Waals surface area contributed by atoms with E-state index in [4.69, 9.17) is 10.00 Å². The molecule has 1 fully saturated rings. The number of amides is 2. The Morgan fingerprint density at radius 3 is 2.89 bits per heavy atom. The summed E-state index contributed by atoms with van der Waals surface area (Å²) in [5.41, 5.74) is 1.89. The van der Waals surface area contributed by atoms with Crippen molar-refractivity contribution in [2.75, 3.05) is 29.2 Å². The van der Waals surface area contributed by atoms with E-state index in [0.29, 0.717) is 35.0 Å². The van der Waals surface area contributed by atoms with E-state index in [2.05, 4.69) is 10.6 Å². The fraction of sp³-hybridized carbons (Fsp3) is 0.316. The van der Waals surface area contributed by atoms with Crippen molar-refractivity contribution in [3.63, 3.8) is 0 Å². The van der Waals surface area contributed by atoms with Gasteiger partial charge in [0.1, 0.15) is 22.9 Å². The molecule has 2 amide bonds. The van der Waals surface area contributed by atoms with Crippen LogP contribution in [0.25, 0.3) is 0 Å². The van der Waals surface area contributed by atoms with E-state index in [9.17, 15) is 9.59 Å². The van der Waals surface area contributed by atoms with Gasteiger partial charge in [-0.1, -0.05) is 0 Å². The molecule has 1 aliphatic rings. The topological polar surface area (TPSA) is 94.5 Å². The van der Waals surface area contributed by atoms with Crippen molar-refractivity contribution in [3.05, 3.63) is 35.2 Å². The zero-order valence-electron chi connectivity index (χ0n) is 15.1. The standard InChI is InChI=1S/C19H20N4O3S/c1-12(18(25)22-19-13(11-20)7-9-27-19)21-14-5-6-15(16(10-14)26-2)23-8-3-4-17(23)24/h5-7,9-10,12,21H,3-4,8H2,1-2H3,(H,22,25)/t12-/m0/s1. The normalized spacial score (nSPS) is 14.6. The molecule has 1 aromatic carbocycles. The lowest BCUT2D eigenvalue weighted by atomic mass is 10.2. The first-order chi connectivity index (χ1) is 13.0. The Labute approximate surface area is 161 Å². The monoisotopic (exact) mass is 384 g/mol. The Kier molecular flexibility index (Phi) is 5.62. The van der Waals surface area contributed by atoms with Gasteiger partial charge in [0.15, 0.2) is 0 Å². The summed E-state index contributed by atoms with van der Waals surface area (Å²) in [6.07, 6.45) is 1.39. The number of nitriles is 1. The molecule has 3 rings (SSSR count). The molecule has 1 atom stereocenters. The second-order valence-electron chi connectivity index (χ2n) is 6.17. The van der Waals surface area contributed by atoms with Crippen molar-refractivity contribution < 1.29 is 14.3 Å². The van der Waals surface area contributed by atoms with Crippen LogP contribution in [0.2, 0.25) is 0 Å². The molecule has 2 N–H and O–H groups in total. The Bertz CT molecular complexity index is 903. The van der Waals surface area contributed by atoms with Crippen LogP contribution in [0.15, 0.2) is 29.6 Å². The number of thiophene rings is 1. The van der Waals surface area contributed by atoms with Crippen molar-refractivity contribution >= 4 is 39.5 Å². The fourth-order valence-electron chi connectivity index (χ4n) is 2.92. The molecule has 1 saturated heterocycles. The van der Waals surface area contributed by atoms with Crippen LogP contribution in [0.3, 0.4) is 0 Å². The minimum Gasteiger partial charge on any atom is -0.494 e. The number of rotatable bonds is 6. The van der Waals surface area contributed by atoms with Crippen LogP contribution < -0.4 is 20.3 Å². The Morgan fingerprint density at radius 2 is 2.22 bits per heavy atom. The molecule has 1 aromatic heterocycles. The third-order valence-electron chi connectivity index (χ3n) is 4.34. The number of methoxy groups -OCH3 is 1. The lowest BCUT2D eigenvalue weighted by Crippen LogP contribution is -2.31. The molecule has 2 aromatic rings. The quantitative estimate of drug-likeness (QED) is 0.798. The summed E-state index contributed by atoms with van der Waals surface area (Å²) in [6.45, 7) is 2.42. The zero-order chi connectivity index (χ0) is 19.4. The van der Waals surface area contributed by atoms with Crippen LogP contribution in [0, 0.1) is 11.3 Å². The second kappa shape index (κ2) is 8.10. The van der Waals surface area contributed by atoms with Crippen LogP contribution in [-0.4, -0.2) is 31.5 Å². The minimum absolute atomic E-state index is 0.0889. The predicted molar refractivity (Wildman–Crippen MR) is 105 cm³/mol. The number of hydrogen-bond acceptors (Lipinski definition) is 6. The average molecular weight is 384 g/mol. The van der Waals surface area contributed by atoms with Crippen molar-refractivity contribution in [1.29, 1.82) is 5.26 Å². The highest BCUT2D eigenvalue weighted by Gasteiger charge is 2.25. The van der Waals surface area contributed by atoms with Gasteiger partial charge in [0.25, 0.3) is 0 Å². The number of carbonyl (C=O) groups is 2. The van der Waals surface area contributed by atoms with Gasteiger partial charge in [-0.15, -0.1) is 11.3 Å². The summed E-state index contributed by atoms with van der Waals surface area (Å²) < 4.78 is 5.44. The van der Waals surface area contributed by atoms with E-state index in [1.165, 1.54) is 11.3 Å². The van der Waals surface area contributed by atoms with E-state index in [0.717, 1.165) is 12.1 Å². The Morgan fingerprint density at radius 1 is 1.41 bits per heavy atom. The molecule has 0 saturated carbocycles. The average Bonchev–Trinajstić information content (AvgIpc) is 3.30. The lowest BCUT2D eigenvalue weighted by Gasteiger charge is -2.21. The third kappa shape index (κ3) is 4.04. The van der Waals surface area contributed by atoms with Crippen molar-refractivity contribution in [2.24, 2.45) is 0 Å². The van der Waals surface area contributed by atoms with Gasteiger partial charge in [-0.05, 0) is 36.9 Å². The van der Waals surface area contributed by atoms with Crippen LogP contribution in [0.5, 0.6) is 5.75 Å². The lowest BCUT2D eigenvalue weighted by molar-refractivity contribution is -0.117. The van der Waals surface area contributed by atoms with Crippen LogP contribution in [0.1, 0.15) is 25.3 Å². The Hall–Kier alpha value is -3.05.